The zero-order chi connectivity index (χ0) is 34.8. The third-order valence-corrected chi connectivity index (χ3v) is 11.3. The average molecular weight is 687 g/mol. The van der Waals surface area contributed by atoms with E-state index in [1.807, 2.05) is 20.8 Å². The van der Waals surface area contributed by atoms with Crippen molar-refractivity contribution >= 4 is 27.6 Å². The second-order valence-corrected chi connectivity index (χ2v) is 15.6. The maximum Gasteiger partial charge on any atom is 0.319 e. The lowest BCUT2D eigenvalue weighted by Gasteiger charge is -2.35. The molecule has 0 unspecified atom stereocenters. The van der Waals surface area contributed by atoms with Crippen molar-refractivity contribution in [1.82, 2.24) is 14.5 Å². The number of urea groups is 1. The monoisotopic (exact) mass is 686 g/mol. The van der Waals surface area contributed by atoms with Crippen molar-refractivity contribution in [3.63, 3.8) is 0 Å². The fourth-order valence-corrected chi connectivity index (χ4v) is 7.49. The van der Waals surface area contributed by atoms with Crippen LogP contribution in [0.4, 0.5) is 10.5 Å². The predicted molar refractivity (Wildman–Crippen MR) is 187 cm³/mol. The van der Waals surface area contributed by atoms with Gasteiger partial charge in [-0.05, 0) is 83.2 Å². The predicted octanol–water partition coefficient (Wildman–Crippen LogP) is 5.57. The number of anilines is 1. The van der Waals surface area contributed by atoms with E-state index < -0.39 is 22.2 Å². The Morgan fingerprint density at radius 3 is 2.42 bits per heavy atom. The number of amides is 3. The number of fused-ring (bicyclic) bond motifs is 1. The van der Waals surface area contributed by atoms with E-state index in [1.54, 1.807) is 61.3 Å². The third-order valence-electron chi connectivity index (χ3n) is 9.42. The van der Waals surface area contributed by atoms with Gasteiger partial charge in [-0.1, -0.05) is 43.9 Å². The first-order valence-corrected chi connectivity index (χ1v) is 18.8. The Morgan fingerprint density at radius 1 is 1.04 bits per heavy atom. The Hall–Kier alpha value is -3.19. The van der Waals surface area contributed by atoms with E-state index in [-0.39, 0.29) is 60.2 Å². The standard InChI is InChI=1S/C36H54N4O7S/c1-25-14-17-31(18-15-25)48(44,45)39(5)23-34-26(2)22-40(27(3)24-41)35(42)32-21-30(38-36(43)37-29-12-7-6-8-13-29)16-19-33(32)47-28(4)11-9-10-20-46-34/h14-19,21,26-29,34,41H,6-13,20,22-24H2,1-5H3,(H2,37,38,43)/t26-,27+,28+,34-/m0/s1. The number of carbonyl (C=O) groups is 2. The van der Waals surface area contributed by atoms with Crippen LogP contribution < -0.4 is 15.4 Å². The van der Waals surface area contributed by atoms with E-state index in [4.69, 9.17) is 9.47 Å². The van der Waals surface area contributed by atoms with Crippen LogP contribution in [0.25, 0.3) is 0 Å². The van der Waals surface area contributed by atoms with Crippen molar-refractivity contribution in [2.45, 2.75) is 108 Å². The van der Waals surface area contributed by atoms with Gasteiger partial charge in [-0.25, -0.2) is 13.2 Å². The number of nitrogens with one attached hydrogen (secondary N) is 2. The number of benzene rings is 2. The quantitative estimate of drug-likeness (QED) is 0.331. The topological polar surface area (TPSA) is 138 Å². The van der Waals surface area contributed by atoms with E-state index in [0.717, 1.165) is 50.5 Å². The Balaban J connectivity index is 1.60. The first-order chi connectivity index (χ1) is 22.9. The number of hydrogen-bond donors (Lipinski definition) is 3. The molecule has 11 nitrogen and oxygen atoms in total. The summed E-state index contributed by atoms with van der Waals surface area (Å²) in [7, 11) is -2.23. The minimum absolute atomic E-state index is 0.0905. The highest BCUT2D eigenvalue weighted by atomic mass is 32.2. The number of hydrogen-bond acceptors (Lipinski definition) is 7. The summed E-state index contributed by atoms with van der Waals surface area (Å²) < 4.78 is 40.9. The number of aryl methyl sites for hydroxylation is 1. The summed E-state index contributed by atoms with van der Waals surface area (Å²) >= 11 is 0. The van der Waals surface area contributed by atoms with Crippen LogP contribution in [0.3, 0.4) is 0 Å². The van der Waals surface area contributed by atoms with Gasteiger partial charge in [0.05, 0.1) is 35.3 Å². The van der Waals surface area contributed by atoms with Crippen molar-refractivity contribution in [3.8, 4) is 5.75 Å². The number of likely N-dealkylation sites (N-methyl/N-ethyl adjacent to an activating group) is 1. The van der Waals surface area contributed by atoms with Crippen LogP contribution in [0.5, 0.6) is 5.75 Å². The van der Waals surface area contributed by atoms with Crippen LogP contribution in [-0.4, -0.2) is 92.3 Å². The molecule has 12 heteroatoms. The van der Waals surface area contributed by atoms with Crippen molar-refractivity contribution in [3.05, 3.63) is 53.6 Å². The van der Waals surface area contributed by atoms with Gasteiger partial charge in [0.15, 0.2) is 0 Å². The van der Waals surface area contributed by atoms with Crippen molar-refractivity contribution in [2.75, 3.05) is 38.7 Å². The summed E-state index contributed by atoms with van der Waals surface area (Å²) in [6, 6.07) is 11.1. The van der Waals surface area contributed by atoms with Gasteiger partial charge in [-0.2, -0.15) is 4.31 Å². The van der Waals surface area contributed by atoms with Crippen LogP contribution in [0.15, 0.2) is 47.4 Å². The normalized spacial score (nSPS) is 22.7. The van der Waals surface area contributed by atoms with Gasteiger partial charge in [0.2, 0.25) is 10.0 Å². The van der Waals surface area contributed by atoms with Gasteiger partial charge >= 0.3 is 6.03 Å². The summed E-state index contributed by atoms with van der Waals surface area (Å²) in [6.45, 7) is 7.99. The molecule has 0 spiro atoms. The largest absolute Gasteiger partial charge is 0.490 e. The fraction of sp³-hybridized carbons (Fsp3) is 0.611. The van der Waals surface area contributed by atoms with Crippen LogP contribution in [0, 0.1) is 12.8 Å². The molecule has 266 valence electrons. The lowest BCUT2D eigenvalue weighted by molar-refractivity contribution is -0.00833. The van der Waals surface area contributed by atoms with Crippen LogP contribution in [-0.2, 0) is 14.8 Å². The lowest BCUT2D eigenvalue weighted by Crippen LogP contribution is -2.48. The molecule has 4 rings (SSSR count). The van der Waals surface area contributed by atoms with Crippen LogP contribution in [0.1, 0.15) is 88.1 Å². The van der Waals surface area contributed by atoms with E-state index in [1.165, 1.54) is 10.7 Å². The first kappa shape index (κ1) is 37.6. The fourth-order valence-electron chi connectivity index (χ4n) is 6.30. The van der Waals surface area contributed by atoms with Crippen molar-refractivity contribution in [2.24, 2.45) is 5.92 Å². The van der Waals surface area contributed by atoms with E-state index >= 15 is 0 Å². The van der Waals surface area contributed by atoms with Gasteiger partial charge in [0.25, 0.3) is 5.91 Å². The molecule has 1 saturated carbocycles. The number of carbonyl (C=O) groups excluding carboxylic acids is 2. The molecule has 3 N–H and O–H groups in total. The van der Waals surface area contributed by atoms with Crippen molar-refractivity contribution in [1.29, 1.82) is 0 Å². The van der Waals surface area contributed by atoms with E-state index in [0.29, 0.717) is 18.0 Å². The highest BCUT2D eigenvalue weighted by Crippen LogP contribution is 2.29. The molecule has 2 aromatic rings. The molecule has 2 aliphatic rings. The minimum atomic E-state index is -3.78. The SMILES string of the molecule is Cc1ccc(S(=O)(=O)N(C)C[C@@H]2OCCCC[C@@H](C)Oc3ccc(NC(=O)NC4CCCCC4)cc3C(=O)N([C@H](C)CO)C[C@@H]2C)cc1. The number of ether oxygens (including phenoxy) is 2. The molecule has 2 aromatic carbocycles. The summed E-state index contributed by atoms with van der Waals surface area (Å²) in [4.78, 5) is 29.0. The summed E-state index contributed by atoms with van der Waals surface area (Å²) in [5.41, 5.74) is 1.70. The van der Waals surface area contributed by atoms with Crippen molar-refractivity contribution < 1.29 is 32.6 Å². The molecular formula is C36H54N4O7S. The Labute approximate surface area is 286 Å². The van der Waals surface area contributed by atoms with Gasteiger partial charge in [0.1, 0.15) is 5.75 Å². The molecule has 3 amide bonds. The smallest absolute Gasteiger partial charge is 0.319 e. The van der Waals surface area contributed by atoms with Gasteiger partial charge in [-0.15, -0.1) is 0 Å². The second kappa shape index (κ2) is 17.5. The lowest BCUT2D eigenvalue weighted by atomic mass is 9.96. The molecule has 0 bridgehead atoms. The number of nitrogens with zero attached hydrogens (tertiary/aromatic N) is 2. The number of sulfonamides is 1. The molecule has 48 heavy (non-hydrogen) atoms. The zero-order valence-corrected chi connectivity index (χ0v) is 29.9. The molecule has 1 aliphatic carbocycles. The van der Waals surface area contributed by atoms with Gasteiger partial charge < -0.3 is 30.1 Å². The molecule has 0 aromatic heterocycles. The number of rotatable bonds is 8. The molecule has 1 fully saturated rings. The molecule has 1 heterocycles. The molecule has 4 atom stereocenters. The minimum Gasteiger partial charge on any atom is -0.490 e. The Bertz CT molecular complexity index is 1460. The van der Waals surface area contributed by atoms with Crippen LogP contribution >= 0.6 is 0 Å². The Kier molecular flexibility index (Phi) is 13.7. The number of aliphatic hydroxyl groups is 1. The van der Waals surface area contributed by atoms with Gasteiger partial charge in [0, 0.05) is 44.4 Å². The van der Waals surface area contributed by atoms with Gasteiger partial charge in [-0.3, -0.25) is 4.79 Å². The average Bonchev–Trinajstić information content (AvgIpc) is 3.06. The molecule has 0 saturated heterocycles. The highest BCUT2D eigenvalue weighted by Gasteiger charge is 2.32. The third kappa shape index (κ3) is 10.2. The Morgan fingerprint density at radius 2 is 1.73 bits per heavy atom. The summed E-state index contributed by atoms with van der Waals surface area (Å²) in [5.74, 6) is -0.256. The van der Waals surface area contributed by atoms with Crippen LogP contribution in [0.2, 0.25) is 0 Å². The summed E-state index contributed by atoms with van der Waals surface area (Å²) in [5, 5.41) is 16.2. The first-order valence-electron chi connectivity index (χ1n) is 17.3. The molecule has 1 aliphatic heterocycles. The number of aliphatic hydroxyl groups excluding tert-OH is 1. The zero-order valence-electron chi connectivity index (χ0n) is 29.1. The maximum atomic E-state index is 14.4. The molecular weight excluding hydrogens is 632 g/mol. The maximum absolute atomic E-state index is 14.4. The summed E-state index contributed by atoms with van der Waals surface area (Å²) in [6.07, 6.45) is 6.85. The second-order valence-electron chi connectivity index (χ2n) is 13.5. The highest BCUT2D eigenvalue weighted by molar-refractivity contribution is 7.89. The molecule has 0 radical (unpaired) electrons. The van der Waals surface area contributed by atoms with E-state index in [9.17, 15) is 23.1 Å². The van der Waals surface area contributed by atoms with E-state index in [2.05, 4.69) is 10.6 Å².